The van der Waals surface area contributed by atoms with Gasteiger partial charge in [-0.3, -0.25) is 4.39 Å². The Balaban J connectivity index is 0.000000219. The molecule has 98 heavy (non-hydrogen) atoms. The maximum atomic E-state index is 9.96. The van der Waals surface area contributed by atoms with Crippen molar-refractivity contribution < 1.29 is 5.76 Å². The third-order valence-corrected chi connectivity index (χ3v) is 14.0. The quantitative estimate of drug-likeness (QED) is 0.0370. The summed E-state index contributed by atoms with van der Waals surface area (Å²) in [5, 5.41) is 52.8. The molecule has 0 radical (unpaired) electrons. The fourth-order valence-electron chi connectivity index (χ4n) is 9.54. The van der Waals surface area contributed by atoms with Crippen molar-refractivity contribution in [1.82, 2.24) is 115 Å². The van der Waals surface area contributed by atoms with Crippen molar-refractivity contribution in [2.24, 2.45) is 0 Å². The minimum absolute atomic E-state index is 0. The number of hydrogen-bond acceptors (Lipinski definition) is 24. The van der Waals surface area contributed by atoms with E-state index >= 15 is 0 Å². The van der Waals surface area contributed by atoms with Crippen LogP contribution in [0.5, 0.6) is 0 Å². The molecule has 14 rings (SSSR count). The number of nitrogens with zero attached hydrogens (tertiary/aromatic N) is 22. The van der Waals surface area contributed by atoms with Gasteiger partial charge in [-0.15, -0.1) is 20.4 Å². The zero-order valence-corrected chi connectivity index (χ0v) is 57.0. The summed E-state index contributed by atoms with van der Waals surface area (Å²) in [7, 11) is -1.00. The van der Waals surface area contributed by atoms with Crippen molar-refractivity contribution in [3.63, 3.8) is 0 Å². The molecule has 0 bridgehead atoms. The SMILES string of the molecule is C.CC(Nc1ncnc(N)c1-c1nn[nH]n1)c1cc2ncc(Cl)n2nc1-c1ccccc1.CC(Nc1ncnc(N)c1-c1nn[nH]n1)c1cc2nccn2nc1-c1ccccc1.ClC(Cl)Cl.S.S.S.[2H]CF.[C-]#[N+]c1c(N)ncnc1NC(C)c1cc2nccn2nc1-c1ccccc1. The molecule has 0 saturated heterocycles. The Morgan fingerprint density at radius 1 is 0.541 bits per heavy atom. The standard InChI is InChI=1S/C19H16ClN11.C19H17N11.C19H16N8.CHCl3.CH3F.CH4.3H2S/c1-10(25-18-15(17(21)23-9-24-18)19-26-29-30-27-19)12-7-14-22-8-13(20)31(14)28-16(12)11-5-3-2-4-6-11;1-11(24-18-15(17(20)22-10-23-18)19-25-28-29-26-19)13-9-14-21-7-8-30(14)27-16(13)12-5-3-2-4-6-12;1-12(25-19-17(21-2)18(20)23-11-24-19)14-10-15-22-8-9-27(15)26-16(14)13-6-4-3-5-7-13;2-1(3)4;1-2;;;;/h2-10H,1H3,(H3,21,23,24,25)(H,26,27,29,30);2-11H,1H3,(H3,20,22,23,24)(H,25,26,28,29);3-12H,1H3,(H3,20,23,24,25);1H;1H3;1H4;3*1H2/i;;;;1D;;;;. The maximum absolute atomic E-state index is 9.96. The van der Waals surface area contributed by atoms with E-state index in [1.54, 1.807) is 32.1 Å². The Labute approximate surface area is 601 Å². The molecule has 14 aromatic rings. The van der Waals surface area contributed by atoms with Crippen molar-refractivity contribution in [3.05, 3.63) is 192 Å². The number of nitrogen functional groups attached to an aromatic ring is 3. The van der Waals surface area contributed by atoms with Gasteiger partial charge < -0.3 is 33.2 Å². The second kappa shape index (κ2) is 35.9. The summed E-state index contributed by atoms with van der Waals surface area (Å²) in [6, 6.07) is 35.1. The molecule has 506 valence electrons. The largest absolute Gasteiger partial charge is 0.392 e. The third-order valence-electron chi connectivity index (χ3n) is 13.8. The topological polar surface area (TPSA) is 395 Å². The molecule has 11 heterocycles. The van der Waals surface area contributed by atoms with Crippen LogP contribution in [0.1, 0.15) is 64.4 Å². The highest BCUT2D eigenvalue weighted by molar-refractivity contribution is 7.59. The van der Waals surface area contributed by atoms with Crippen LogP contribution in [0.15, 0.2) is 159 Å². The number of aromatic nitrogens is 23. The highest BCUT2D eigenvalue weighted by Crippen LogP contribution is 2.37. The molecular weight excluding hydrogens is 1400 g/mol. The smallest absolute Gasteiger partial charge is 0.268 e. The highest BCUT2D eigenvalue weighted by Gasteiger charge is 2.25. The Hall–Kier alpha value is -10.7. The molecule has 0 aliphatic rings. The summed E-state index contributed by atoms with van der Waals surface area (Å²) >= 11 is 20.7. The van der Waals surface area contributed by atoms with Gasteiger partial charge in [0.2, 0.25) is 11.6 Å². The minimum atomic E-state index is -1.00. The molecule has 0 aliphatic heterocycles. The predicted octanol–water partition coefficient (Wildman–Crippen LogP) is 11.9. The molecular formula is C60H63Cl4FN30S3. The van der Waals surface area contributed by atoms with Crippen molar-refractivity contribution in [1.29, 1.82) is 0 Å². The van der Waals surface area contributed by atoms with Crippen molar-refractivity contribution in [2.75, 3.05) is 40.3 Å². The molecule has 11 aromatic heterocycles. The van der Waals surface area contributed by atoms with E-state index in [1.807, 2.05) is 142 Å². The number of imidazole rings is 3. The second-order valence-corrected chi connectivity index (χ2v) is 22.0. The van der Waals surface area contributed by atoms with Gasteiger partial charge in [0.05, 0.1) is 56.5 Å². The number of anilines is 6. The molecule has 38 heteroatoms. The van der Waals surface area contributed by atoms with E-state index < -0.39 is 11.4 Å². The van der Waals surface area contributed by atoms with Crippen LogP contribution in [0.25, 0.3) is 78.3 Å². The van der Waals surface area contributed by atoms with E-state index in [0.29, 0.717) is 51.0 Å². The van der Waals surface area contributed by atoms with Gasteiger partial charge in [-0.05, 0) is 49.4 Å². The molecule has 0 fully saturated rings. The van der Waals surface area contributed by atoms with Crippen molar-refractivity contribution in [2.45, 2.75) is 50.6 Å². The summed E-state index contributed by atoms with van der Waals surface area (Å²) in [6.07, 6.45) is 12.7. The predicted molar refractivity (Wildman–Crippen MR) is 395 cm³/mol. The summed E-state index contributed by atoms with van der Waals surface area (Å²) in [5.41, 5.74) is 29.4. The number of nitrogens with two attached hydrogens (primary N) is 3. The first-order valence-corrected chi connectivity index (χ1v) is 29.5. The number of rotatable bonds is 14. The fourth-order valence-corrected chi connectivity index (χ4v) is 9.71. The second-order valence-electron chi connectivity index (χ2n) is 19.6. The Bertz CT molecular complexity index is 4870. The lowest BCUT2D eigenvalue weighted by atomic mass is 10.0. The number of alkyl halides is 4. The molecule has 0 spiro atoms. The maximum Gasteiger partial charge on any atom is 0.268 e. The van der Waals surface area contributed by atoms with Gasteiger partial charge in [-0.25, -0.2) is 63.2 Å². The minimum Gasteiger partial charge on any atom is -0.392 e. The summed E-state index contributed by atoms with van der Waals surface area (Å²) < 4.78 is 19.9. The number of halogens is 5. The Kier molecular flexibility index (Phi) is 27.4. The lowest BCUT2D eigenvalue weighted by molar-refractivity contribution is 0.636. The first-order valence-electron chi connectivity index (χ1n) is 28.5. The van der Waals surface area contributed by atoms with Crippen LogP contribution >= 0.6 is 86.9 Å². The molecule has 0 amide bonds. The van der Waals surface area contributed by atoms with Gasteiger partial charge in [0.25, 0.3) is 5.69 Å². The van der Waals surface area contributed by atoms with Gasteiger partial charge in [-0.1, -0.05) is 145 Å². The average molecular weight is 1460 g/mol. The van der Waals surface area contributed by atoms with Crippen LogP contribution in [-0.4, -0.2) is 126 Å². The zero-order valence-electron chi connectivity index (χ0n) is 52.0. The number of tetrazole rings is 2. The lowest BCUT2D eigenvalue weighted by Gasteiger charge is -2.20. The van der Waals surface area contributed by atoms with Crippen LogP contribution < -0.4 is 33.2 Å². The van der Waals surface area contributed by atoms with E-state index in [0.717, 1.165) is 61.8 Å². The zero-order chi connectivity index (χ0) is 67.0. The van der Waals surface area contributed by atoms with E-state index in [-0.39, 0.29) is 89.2 Å². The highest BCUT2D eigenvalue weighted by atomic mass is 35.6. The molecule has 11 N–H and O–H groups in total. The summed E-state index contributed by atoms with van der Waals surface area (Å²) in [6.45, 7) is 13.3. The van der Waals surface area contributed by atoms with Gasteiger partial charge in [0.1, 0.15) is 65.0 Å². The summed E-state index contributed by atoms with van der Waals surface area (Å²) in [4.78, 5) is 41.3. The van der Waals surface area contributed by atoms with Gasteiger partial charge in [0, 0.05) is 58.2 Å². The first kappa shape index (κ1) is 74.7. The molecule has 3 atom stereocenters. The van der Waals surface area contributed by atoms with Crippen molar-refractivity contribution >= 4 is 144 Å². The lowest BCUT2D eigenvalue weighted by Crippen LogP contribution is -2.13. The molecule has 3 aromatic carbocycles. The van der Waals surface area contributed by atoms with E-state index in [1.165, 1.54) is 19.0 Å². The third kappa shape index (κ3) is 17.9. The molecule has 0 saturated carbocycles. The van der Waals surface area contributed by atoms with E-state index in [2.05, 4.69) is 107 Å². The average Bonchev–Trinajstić information content (AvgIpc) is 1.78. The van der Waals surface area contributed by atoms with Gasteiger partial charge >= 0.3 is 0 Å². The number of aromatic amines is 2. The van der Waals surface area contributed by atoms with Crippen LogP contribution in [0.3, 0.4) is 0 Å². The first-order chi connectivity index (χ1) is 46.1. The van der Waals surface area contributed by atoms with E-state index in [9.17, 15) is 4.39 Å². The summed E-state index contributed by atoms with van der Waals surface area (Å²) in [5.74, 6) is 2.62. The van der Waals surface area contributed by atoms with Crippen LogP contribution in [0, 0.1) is 6.57 Å². The number of nitrogens with one attached hydrogen (secondary N) is 5. The number of benzene rings is 3. The van der Waals surface area contributed by atoms with Crippen LogP contribution in [0.4, 0.5) is 45.0 Å². The van der Waals surface area contributed by atoms with Gasteiger partial charge in [-0.2, -0.15) is 66.2 Å². The number of hydrogen-bond donors (Lipinski definition) is 8. The number of H-pyrrole nitrogens is 2. The van der Waals surface area contributed by atoms with Crippen LogP contribution in [-0.2, 0) is 0 Å². The molecule has 30 nitrogen and oxygen atoms in total. The van der Waals surface area contributed by atoms with Gasteiger partial charge in [0.15, 0.2) is 26.4 Å². The molecule has 0 aliphatic carbocycles. The molecule has 3 unspecified atom stereocenters. The Morgan fingerprint density at radius 2 is 0.908 bits per heavy atom. The van der Waals surface area contributed by atoms with Crippen LogP contribution in [0.2, 0.25) is 5.15 Å². The fraction of sp³-hybridized carbons (Fsp3) is 0.150. The van der Waals surface area contributed by atoms with Crippen molar-refractivity contribution in [3.8, 4) is 56.5 Å². The normalized spacial score (nSPS) is 11.4. The monoisotopic (exact) mass is 1460 g/mol. The Morgan fingerprint density at radius 3 is 1.30 bits per heavy atom. The number of fused-ring (bicyclic) bond motifs is 3. The van der Waals surface area contributed by atoms with E-state index in [4.69, 9.17) is 86.8 Å².